The van der Waals surface area contributed by atoms with Gasteiger partial charge in [0, 0.05) is 24.7 Å². The number of likely N-dealkylation sites (N-methyl/N-ethyl adjacent to an activating group) is 2. The van der Waals surface area contributed by atoms with E-state index >= 15 is 0 Å². The molecular formula is C14H21ClN3O2+. The summed E-state index contributed by atoms with van der Waals surface area (Å²) in [6.45, 7) is 2.34. The average Bonchev–Trinajstić information content (AvgIpc) is 2.44. The standard InChI is InChI=1S/C14H20ClN3O2/c1-10(11-6-4-5-7-12(11)15)17-8-14(20)18(3)9-13(19)16-2/h4-7,10,17H,8-9H2,1-3H3,(H,16,19)/p+1/t10-/m1/s1. The first-order valence-corrected chi connectivity index (χ1v) is 6.85. The second kappa shape index (κ2) is 7.87. The minimum Gasteiger partial charge on any atom is -0.358 e. The predicted octanol–water partition coefficient (Wildman–Crippen LogP) is 0.169. The van der Waals surface area contributed by atoms with Gasteiger partial charge in [-0.3, -0.25) is 9.59 Å². The fraction of sp³-hybridized carbons (Fsp3) is 0.429. The van der Waals surface area contributed by atoms with Gasteiger partial charge in [-0.15, -0.1) is 0 Å². The van der Waals surface area contributed by atoms with E-state index in [4.69, 9.17) is 11.6 Å². The van der Waals surface area contributed by atoms with Crippen LogP contribution in [0.1, 0.15) is 18.5 Å². The molecular weight excluding hydrogens is 278 g/mol. The van der Waals surface area contributed by atoms with E-state index in [1.54, 1.807) is 14.1 Å². The lowest BCUT2D eigenvalue weighted by molar-refractivity contribution is -0.683. The van der Waals surface area contributed by atoms with Crippen LogP contribution in [0.5, 0.6) is 0 Å². The molecule has 0 spiro atoms. The zero-order valence-corrected chi connectivity index (χ0v) is 12.8. The topological polar surface area (TPSA) is 66.0 Å². The van der Waals surface area contributed by atoms with E-state index in [2.05, 4.69) is 5.32 Å². The molecule has 1 aromatic carbocycles. The minimum atomic E-state index is -0.181. The molecule has 3 N–H and O–H groups in total. The normalized spacial score (nSPS) is 11.8. The maximum absolute atomic E-state index is 11.9. The highest BCUT2D eigenvalue weighted by atomic mass is 35.5. The van der Waals surface area contributed by atoms with Crippen molar-refractivity contribution in [3.8, 4) is 0 Å². The molecule has 0 saturated carbocycles. The van der Waals surface area contributed by atoms with E-state index in [9.17, 15) is 9.59 Å². The molecule has 0 bridgehead atoms. The molecule has 0 aromatic heterocycles. The monoisotopic (exact) mass is 298 g/mol. The third-order valence-corrected chi connectivity index (χ3v) is 3.47. The van der Waals surface area contributed by atoms with E-state index in [0.717, 1.165) is 5.56 Å². The third-order valence-electron chi connectivity index (χ3n) is 3.13. The Morgan fingerprint density at radius 3 is 2.65 bits per heavy atom. The number of carbonyl (C=O) groups is 2. The second-order valence-electron chi connectivity index (χ2n) is 4.67. The fourth-order valence-corrected chi connectivity index (χ4v) is 2.10. The molecule has 2 amide bonds. The number of halogens is 1. The molecule has 0 saturated heterocycles. The Labute approximate surface area is 124 Å². The van der Waals surface area contributed by atoms with Crippen LogP contribution < -0.4 is 10.6 Å². The third kappa shape index (κ3) is 4.83. The SMILES string of the molecule is CNC(=O)CN(C)C(=O)C[NH2+][C@H](C)c1ccccc1Cl. The summed E-state index contributed by atoms with van der Waals surface area (Å²) in [5.41, 5.74) is 0.996. The molecule has 6 heteroatoms. The molecule has 0 radical (unpaired) electrons. The molecule has 1 atom stereocenters. The van der Waals surface area contributed by atoms with Crippen LogP contribution in [-0.4, -0.2) is 43.9 Å². The van der Waals surface area contributed by atoms with Gasteiger partial charge in [0.25, 0.3) is 5.91 Å². The number of hydrogen-bond donors (Lipinski definition) is 2. The molecule has 0 unspecified atom stereocenters. The summed E-state index contributed by atoms with van der Waals surface area (Å²) < 4.78 is 0. The number of rotatable bonds is 6. The Kier molecular flexibility index (Phi) is 6.48. The summed E-state index contributed by atoms with van der Waals surface area (Å²) >= 11 is 6.12. The van der Waals surface area contributed by atoms with E-state index in [1.807, 2.05) is 36.5 Å². The molecule has 5 nitrogen and oxygen atoms in total. The Bertz CT molecular complexity index is 479. The molecule has 0 aliphatic carbocycles. The maximum atomic E-state index is 11.9. The zero-order chi connectivity index (χ0) is 15.1. The highest BCUT2D eigenvalue weighted by molar-refractivity contribution is 6.31. The highest BCUT2D eigenvalue weighted by Gasteiger charge is 2.17. The van der Waals surface area contributed by atoms with E-state index in [-0.39, 0.29) is 30.9 Å². The molecule has 0 aliphatic heterocycles. The van der Waals surface area contributed by atoms with Crippen LogP contribution >= 0.6 is 11.6 Å². The van der Waals surface area contributed by atoms with Gasteiger partial charge in [0.1, 0.15) is 6.04 Å². The number of amides is 2. The smallest absolute Gasteiger partial charge is 0.277 e. The number of nitrogens with zero attached hydrogens (tertiary/aromatic N) is 1. The van der Waals surface area contributed by atoms with Crippen molar-refractivity contribution in [1.29, 1.82) is 0 Å². The molecule has 0 heterocycles. The van der Waals surface area contributed by atoms with Crippen molar-refractivity contribution in [2.45, 2.75) is 13.0 Å². The average molecular weight is 299 g/mol. The van der Waals surface area contributed by atoms with Crippen molar-refractivity contribution in [3.63, 3.8) is 0 Å². The van der Waals surface area contributed by atoms with Gasteiger partial charge < -0.3 is 15.5 Å². The lowest BCUT2D eigenvalue weighted by Gasteiger charge is -2.17. The van der Waals surface area contributed by atoms with Crippen molar-refractivity contribution >= 4 is 23.4 Å². The fourth-order valence-electron chi connectivity index (χ4n) is 1.79. The number of nitrogens with two attached hydrogens (primary N) is 1. The Hall–Kier alpha value is -1.59. The zero-order valence-electron chi connectivity index (χ0n) is 12.0. The molecule has 1 aromatic rings. The van der Waals surface area contributed by atoms with Gasteiger partial charge in [-0.05, 0) is 13.0 Å². The first-order chi connectivity index (χ1) is 9.45. The largest absolute Gasteiger partial charge is 0.358 e. The first kappa shape index (κ1) is 16.5. The molecule has 110 valence electrons. The molecule has 0 aliphatic rings. The van der Waals surface area contributed by atoms with Gasteiger partial charge in [0.05, 0.1) is 6.54 Å². The Balaban J connectivity index is 2.48. The second-order valence-corrected chi connectivity index (χ2v) is 5.08. The van der Waals surface area contributed by atoms with Crippen LogP contribution in [0.4, 0.5) is 0 Å². The van der Waals surface area contributed by atoms with Crippen LogP contribution in [0.2, 0.25) is 5.02 Å². The summed E-state index contributed by atoms with van der Waals surface area (Å²) in [6, 6.07) is 7.66. The van der Waals surface area contributed by atoms with Crippen molar-refractivity contribution in [2.24, 2.45) is 0 Å². The number of nitrogens with one attached hydrogen (secondary N) is 1. The summed E-state index contributed by atoms with van der Waals surface area (Å²) in [7, 11) is 3.16. The first-order valence-electron chi connectivity index (χ1n) is 6.48. The van der Waals surface area contributed by atoms with Crippen LogP contribution in [0.15, 0.2) is 24.3 Å². The number of carbonyl (C=O) groups excluding carboxylic acids is 2. The highest BCUT2D eigenvalue weighted by Crippen LogP contribution is 2.19. The van der Waals surface area contributed by atoms with E-state index in [0.29, 0.717) is 5.02 Å². The van der Waals surface area contributed by atoms with Gasteiger partial charge in [-0.2, -0.15) is 0 Å². The minimum absolute atomic E-state index is 0.0731. The van der Waals surface area contributed by atoms with Crippen molar-refractivity contribution in [1.82, 2.24) is 10.2 Å². The van der Waals surface area contributed by atoms with Crippen molar-refractivity contribution in [2.75, 3.05) is 27.2 Å². The molecule has 1 rings (SSSR count). The van der Waals surface area contributed by atoms with Gasteiger partial charge in [-0.25, -0.2) is 0 Å². The lowest BCUT2D eigenvalue weighted by atomic mass is 10.1. The maximum Gasteiger partial charge on any atom is 0.277 e. The number of hydrogen-bond acceptors (Lipinski definition) is 2. The van der Waals surface area contributed by atoms with Crippen molar-refractivity contribution < 1.29 is 14.9 Å². The van der Waals surface area contributed by atoms with Gasteiger partial charge in [0.15, 0.2) is 6.54 Å². The molecule has 20 heavy (non-hydrogen) atoms. The summed E-state index contributed by atoms with van der Waals surface area (Å²) in [5, 5.41) is 5.09. The predicted molar refractivity (Wildman–Crippen MR) is 78.4 cm³/mol. The Morgan fingerprint density at radius 2 is 2.05 bits per heavy atom. The number of quaternary nitrogens is 1. The van der Waals surface area contributed by atoms with Crippen LogP contribution in [0.3, 0.4) is 0 Å². The van der Waals surface area contributed by atoms with Gasteiger partial charge >= 0.3 is 0 Å². The Morgan fingerprint density at radius 1 is 1.40 bits per heavy atom. The summed E-state index contributed by atoms with van der Waals surface area (Å²) in [6.07, 6.45) is 0. The molecule has 0 fully saturated rings. The van der Waals surface area contributed by atoms with E-state index < -0.39 is 0 Å². The van der Waals surface area contributed by atoms with Crippen LogP contribution in [0.25, 0.3) is 0 Å². The van der Waals surface area contributed by atoms with Crippen LogP contribution in [-0.2, 0) is 9.59 Å². The van der Waals surface area contributed by atoms with E-state index in [1.165, 1.54) is 4.90 Å². The van der Waals surface area contributed by atoms with Crippen molar-refractivity contribution in [3.05, 3.63) is 34.9 Å². The van der Waals surface area contributed by atoms with Gasteiger partial charge in [-0.1, -0.05) is 29.8 Å². The van der Waals surface area contributed by atoms with Crippen LogP contribution in [0, 0.1) is 0 Å². The van der Waals surface area contributed by atoms with Gasteiger partial charge in [0.2, 0.25) is 5.91 Å². The quantitative estimate of drug-likeness (QED) is 0.786. The lowest BCUT2D eigenvalue weighted by Crippen LogP contribution is -2.87. The summed E-state index contributed by atoms with van der Waals surface area (Å²) in [5.74, 6) is -0.271. The summed E-state index contributed by atoms with van der Waals surface area (Å²) in [4.78, 5) is 24.5. The number of benzene rings is 1.